The van der Waals surface area contributed by atoms with E-state index in [4.69, 9.17) is 0 Å². The molecule has 1 saturated carbocycles. The van der Waals surface area contributed by atoms with Crippen molar-refractivity contribution in [3.8, 4) is 0 Å². The van der Waals surface area contributed by atoms with Crippen LogP contribution in [0.2, 0.25) is 0 Å². The second-order valence-corrected chi connectivity index (χ2v) is 6.42. The van der Waals surface area contributed by atoms with Crippen molar-refractivity contribution in [1.29, 1.82) is 0 Å². The molecule has 19 heavy (non-hydrogen) atoms. The van der Waals surface area contributed by atoms with Gasteiger partial charge >= 0.3 is 0 Å². The minimum absolute atomic E-state index is 0.0731. The molecule has 2 saturated heterocycles. The molecule has 0 bridgehead atoms. The highest BCUT2D eigenvalue weighted by Gasteiger charge is 2.52. The van der Waals surface area contributed by atoms with Gasteiger partial charge < -0.3 is 4.90 Å². The van der Waals surface area contributed by atoms with Gasteiger partial charge in [0.05, 0.1) is 5.41 Å². The highest BCUT2D eigenvalue weighted by atomic mass is 16.2. The van der Waals surface area contributed by atoms with Crippen molar-refractivity contribution in [2.45, 2.75) is 51.4 Å². The normalized spacial score (nSPS) is 27.7. The number of hydrogen-bond acceptors (Lipinski definition) is 3. The van der Waals surface area contributed by atoms with Gasteiger partial charge in [0.1, 0.15) is 0 Å². The molecule has 0 aromatic heterocycles. The average molecular weight is 264 g/mol. The van der Waals surface area contributed by atoms with Crippen LogP contribution in [0.25, 0.3) is 0 Å². The third-order valence-electron chi connectivity index (χ3n) is 5.14. The Morgan fingerprint density at radius 1 is 0.895 bits per heavy atom. The molecule has 3 aliphatic rings. The van der Waals surface area contributed by atoms with E-state index in [1.165, 1.54) is 19.3 Å². The van der Waals surface area contributed by atoms with Gasteiger partial charge in [0.15, 0.2) is 0 Å². The van der Waals surface area contributed by atoms with Crippen LogP contribution in [0.15, 0.2) is 0 Å². The van der Waals surface area contributed by atoms with Crippen LogP contribution in [-0.2, 0) is 9.59 Å². The highest BCUT2D eigenvalue weighted by Crippen LogP contribution is 2.46. The molecule has 0 atom stereocenters. The summed E-state index contributed by atoms with van der Waals surface area (Å²) in [6.45, 7) is 3.73. The number of piperidine rings is 1. The minimum Gasteiger partial charge on any atom is -0.302 e. The summed E-state index contributed by atoms with van der Waals surface area (Å²) in [4.78, 5) is 28.6. The zero-order chi connectivity index (χ0) is 13.3. The maximum atomic E-state index is 12.5. The summed E-state index contributed by atoms with van der Waals surface area (Å²) in [5.41, 5.74) is -0.293. The van der Waals surface area contributed by atoms with Crippen LogP contribution >= 0.6 is 0 Å². The zero-order valence-corrected chi connectivity index (χ0v) is 11.7. The van der Waals surface area contributed by atoms with Crippen molar-refractivity contribution < 1.29 is 9.59 Å². The summed E-state index contributed by atoms with van der Waals surface area (Å²) in [7, 11) is 0. The Morgan fingerprint density at radius 2 is 1.58 bits per heavy atom. The first-order valence-corrected chi connectivity index (χ1v) is 7.78. The lowest BCUT2D eigenvalue weighted by atomic mass is 9.84. The smallest absolute Gasteiger partial charge is 0.235 e. The van der Waals surface area contributed by atoms with Gasteiger partial charge in [-0.2, -0.15) is 0 Å². The van der Waals surface area contributed by atoms with Crippen molar-refractivity contribution in [3.63, 3.8) is 0 Å². The van der Waals surface area contributed by atoms with E-state index in [-0.39, 0.29) is 17.2 Å². The zero-order valence-electron chi connectivity index (χ0n) is 11.7. The van der Waals surface area contributed by atoms with Crippen LogP contribution in [0.4, 0.5) is 0 Å². The molecule has 3 rings (SSSR count). The van der Waals surface area contributed by atoms with E-state index in [1.807, 2.05) is 0 Å². The van der Waals surface area contributed by atoms with Gasteiger partial charge in [0, 0.05) is 19.5 Å². The lowest BCUT2D eigenvalue weighted by Gasteiger charge is -2.28. The predicted molar refractivity (Wildman–Crippen MR) is 72.5 cm³/mol. The number of rotatable bonds is 3. The monoisotopic (exact) mass is 264 g/mol. The highest BCUT2D eigenvalue weighted by molar-refractivity contribution is 6.06. The van der Waals surface area contributed by atoms with E-state index < -0.39 is 0 Å². The Labute approximate surface area is 115 Å². The van der Waals surface area contributed by atoms with Gasteiger partial charge in [0.25, 0.3) is 0 Å². The fourth-order valence-electron chi connectivity index (χ4n) is 3.95. The lowest BCUT2D eigenvalue weighted by Crippen LogP contribution is -2.41. The molecule has 1 spiro atoms. The maximum Gasteiger partial charge on any atom is 0.235 e. The summed E-state index contributed by atoms with van der Waals surface area (Å²) in [5, 5.41) is 0. The topological polar surface area (TPSA) is 40.6 Å². The molecule has 1 aliphatic carbocycles. The summed E-state index contributed by atoms with van der Waals surface area (Å²) < 4.78 is 0. The van der Waals surface area contributed by atoms with E-state index >= 15 is 0 Å². The molecule has 3 fully saturated rings. The van der Waals surface area contributed by atoms with Gasteiger partial charge in [-0.3, -0.25) is 14.5 Å². The quantitative estimate of drug-likeness (QED) is 0.730. The molecule has 4 heteroatoms. The summed E-state index contributed by atoms with van der Waals surface area (Å²) in [6, 6.07) is 0. The molecular weight excluding hydrogens is 240 g/mol. The third-order valence-corrected chi connectivity index (χ3v) is 5.14. The van der Waals surface area contributed by atoms with E-state index in [0.29, 0.717) is 13.0 Å². The predicted octanol–water partition coefficient (Wildman–Crippen LogP) is 1.79. The van der Waals surface area contributed by atoms with E-state index in [2.05, 4.69) is 4.90 Å². The average Bonchev–Trinajstić information content (AvgIpc) is 2.97. The molecule has 0 N–H and O–H groups in total. The number of nitrogens with zero attached hydrogens (tertiary/aromatic N) is 2. The number of amides is 2. The Morgan fingerprint density at radius 3 is 2.26 bits per heavy atom. The molecule has 0 unspecified atom stereocenters. The SMILES string of the molecule is O=C1CC2(CCCC2)C(=O)N1CCN1CCCCC1. The first-order valence-electron chi connectivity index (χ1n) is 7.78. The minimum atomic E-state index is -0.293. The number of carbonyl (C=O) groups is 2. The van der Waals surface area contributed by atoms with E-state index in [1.54, 1.807) is 4.90 Å². The van der Waals surface area contributed by atoms with E-state index in [0.717, 1.165) is 45.3 Å². The van der Waals surface area contributed by atoms with Crippen LogP contribution in [0, 0.1) is 5.41 Å². The van der Waals surface area contributed by atoms with Crippen LogP contribution in [0.3, 0.4) is 0 Å². The number of likely N-dealkylation sites (tertiary alicyclic amines) is 2. The molecule has 2 amide bonds. The number of carbonyl (C=O) groups excluding carboxylic acids is 2. The van der Waals surface area contributed by atoms with E-state index in [9.17, 15) is 9.59 Å². The van der Waals surface area contributed by atoms with Gasteiger partial charge in [-0.1, -0.05) is 19.3 Å². The molecule has 0 radical (unpaired) electrons. The summed E-state index contributed by atoms with van der Waals surface area (Å²) in [5.74, 6) is 0.205. The van der Waals surface area contributed by atoms with Crippen molar-refractivity contribution in [2.75, 3.05) is 26.2 Å². The van der Waals surface area contributed by atoms with Crippen LogP contribution in [0.5, 0.6) is 0 Å². The van der Waals surface area contributed by atoms with Crippen molar-refractivity contribution in [3.05, 3.63) is 0 Å². The second kappa shape index (κ2) is 5.23. The second-order valence-electron chi connectivity index (χ2n) is 6.42. The van der Waals surface area contributed by atoms with Crippen molar-refractivity contribution in [1.82, 2.24) is 9.80 Å². The van der Waals surface area contributed by atoms with Crippen LogP contribution in [0.1, 0.15) is 51.4 Å². The maximum absolute atomic E-state index is 12.5. The van der Waals surface area contributed by atoms with Gasteiger partial charge in [0.2, 0.25) is 11.8 Å². The lowest BCUT2D eigenvalue weighted by molar-refractivity contribution is -0.141. The molecule has 0 aromatic rings. The Balaban J connectivity index is 1.58. The number of imide groups is 1. The van der Waals surface area contributed by atoms with Crippen molar-refractivity contribution in [2.24, 2.45) is 5.41 Å². The van der Waals surface area contributed by atoms with Crippen molar-refractivity contribution >= 4 is 11.8 Å². The van der Waals surface area contributed by atoms with Crippen LogP contribution < -0.4 is 0 Å². The molecule has 106 valence electrons. The Bertz CT molecular complexity index is 368. The molecule has 4 nitrogen and oxygen atoms in total. The molecule has 2 aliphatic heterocycles. The largest absolute Gasteiger partial charge is 0.302 e. The summed E-state index contributed by atoms with van der Waals surface area (Å²) in [6.07, 6.45) is 8.39. The molecule has 2 heterocycles. The standard InChI is InChI=1S/C15H24N2O2/c18-13-12-15(6-2-3-7-15)14(19)17(13)11-10-16-8-4-1-5-9-16/h1-12H2. The first-order chi connectivity index (χ1) is 9.21. The molecule has 0 aromatic carbocycles. The first kappa shape index (κ1) is 13.1. The van der Waals surface area contributed by atoms with Gasteiger partial charge in [-0.25, -0.2) is 0 Å². The fourth-order valence-corrected chi connectivity index (χ4v) is 3.95. The Hall–Kier alpha value is -0.900. The Kier molecular flexibility index (Phi) is 3.61. The van der Waals surface area contributed by atoms with Crippen LogP contribution in [-0.4, -0.2) is 47.8 Å². The molecular formula is C15H24N2O2. The number of hydrogen-bond donors (Lipinski definition) is 0. The fraction of sp³-hybridized carbons (Fsp3) is 0.867. The van der Waals surface area contributed by atoms with Gasteiger partial charge in [-0.15, -0.1) is 0 Å². The third kappa shape index (κ3) is 2.42. The van der Waals surface area contributed by atoms with Gasteiger partial charge in [-0.05, 0) is 38.8 Å². The summed E-state index contributed by atoms with van der Waals surface area (Å²) >= 11 is 0.